The van der Waals surface area contributed by atoms with Crippen LogP contribution in [0.3, 0.4) is 0 Å². The predicted octanol–water partition coefficient (Wildman–Crippen LogP) is 3.79. The van der Waals surface area contributed by atoms with Gasteiger partial charge in [0.2, 0.25) is 5.91 Å². The predicted molar refractivity (Wildman–Crippen MR) is 108 cm³/mol. The molecule has 1 saturated carbocycles. The molecule has 7 heteroatoms. The number of likely N-dealkylation sites (tertiary alicyclic amines) is 1. The highest BCUT2D eigenvalue weighted by Crippen LogP contribution is 2.30. The molecule has 4 nitrogen and oxygen atoms in total. The normalized spacial score (nSPS) is 26.4. The van der Waals surface area contributed by atoms with E-state index in [1.807, 2.05) is 18.0 Å². The smallest absolute Gasteiger partial charge is 0.227 e. The Labute approximate surface area is 171 Å². The summed E-state index contributed by atoms with van der Waals surface area (Å²) in [6.45, 7) is 2.21. The molecule has 1 aliphatic carbocycles. The van der Waals surface area contributed by atoms with Gasteiger partial charge in [-0.05, 0) is 62.9 Å². The number of carbonyl (C=O) groups excluding carboxylic acids is 1. The van der Waals surface area contributed by atoms with Crippen molar-refractivity contribution in [2.24, 2.45) is 0 Å². The number of amides is 1. The Bertz CT molecular complexity index is 623. The minimum Gasteiger partial charge on any atom is -0.393 e. The summed E-state index contributed by atoms with van der Waals surface area (Å²) in [6.07, 6.45) is 4.88. The van der Waals surface area contributed by atoms with E-state index in [-0.39, 0.29) is 30.5 Å². The molecule has 2 fully saturated rings. The Morgan fingerprint density at radius 1 is 1.23 bits per heavy atom. The Morgan fingerprint density at radius 2 is 1.92 bits per heavy atom. The molecule has 1 aromatic rings. The van der Waals surface area contributed by atoms with Gasteiger partial charge >= 0.3 is 0 Å². The zero-order valence-corrected chi connectivity index (χ0v) is 17.4. The maximum absolute atomic E-state index is 12.8. The molecular formula is C19H27Cl3N2O2. The average Bonchev–Trinajstić information content (AvgIpc) is 3.11. The van der Waals surface area contributed by atoms with Crippen molar-refractivity contribution in [2.45, 2.75) is 56.7 Å². The first-order chi connectivity index (χ1) is 12.0. The van der Waals surface area contributed by atoms with Crippen molar-refractivity contribution in [3.8, 4) is 0 Å². The van der Waals surface area contributed by atoms with E-state index in [0.29, 0.717) is 28.9 Å². The number of carbonyl (C=O) groups is 1. The molecule has 3 unspecified atom stereocenters. The van der Waals surface area contributed by atoms with Gasteiger partial charge in [0, 0.05) is 19.1 Å². The van der Waals surface area contributed by atoms with Crippen LogP contribution in [-0.4, -0.2) is 59.1 Å². The van der Waals surface area contributed by atoms with Crippen LogP contribution in [0.15, 0.2) is 18.2 Å². The summed E-state index contributed by atoms with van der Waals surface area (Å²) in [5, 5.41) is 11.1. The molecule has 1 saturated heterocycles. The number of aliphatic hydroxyl groups excluding tert-OH is 1. The first-order valence-electron chi connectivity index (χ1n) is 9.07. The molecule has 2 aliphatic rings. The van der Waals surface area contributed by atoms with Crippen molar-refractivity contribution in [1.82, 2.24) is 9.80 Å². The highest BCUT2D eigenvalue weighted by molar-refractivity contribution is 6.42. The topological polar surface area (TPSA) is 43.8 Å². The Kier molecular flexibility index (Phi) is 8.05. The standard InChI is InChI=1S/C19H26Cl2N2O2.ClH/c1-22(19(25)11-13-4-6-15(20)16(21)10-13)18-12-14(24)5-7-17(18)23-8-2-3-9-23;/h4,6,10,14,17-18,24H,2-3,5,7-9,11-12H2,1H3;1H. The van der Waals surface area contributed by atoms with Crippen molar-refractivity contribution in [1.29, 1.82) is 0 Å². The van der Waals surface area contributed by atoms with E-state index < -0.39 is 0 Å². The van der Waals surface area contributed by atoms with Gasteiger partial charge in [0.05, 0.1) is 22.6 Å². The highest BCUT2D eigenvalue weighted by atomic mass is 35.5. The summed E-state index contributed by atoms with van der Waals surface area (Å²) in [5.41, 5.74) is 0.861. The van der Waals surface area contributed by atoms with Gasteiger partial charge in [-0.1, -0.05) is 29.3 Å². The number of halogens is 3. The van der Waals surface area contributed by atoms with E-state index in [1.54, 1.807) is 12.1 Å². The lowest BCUT2D eigenvalue weighted by Crippen LogP contribution is -2.55. The van der Waals surface area contributed by atoms with Gasteiger partial charge < -0.3 is 10.0 Å². The molecule has 1 N–H and O–H groups in total. The van der Waals surface area contributed by atoms with Crippen molar-refractivity contribution < 1.29 is 9.90 Å². The second-order valence-electron chi connectivity index (χ2n) is 7.27. The van der Waals surface area contributed by atoms with E-state index in [1.165, 1.54) is 12.8 Å². The van der Waals surface area contributed by atoms with Crippen LogP contribution >= 0.6 is 35.6 Å². The van der Waals surface area contributed by atoms with Crippen molar-refractivity contribution in [2.75, 3.05) is 20.1 Å². The van der Waals surface area contributed by atoms with Crippen molar-refractivity contribution >= 4 is 41.5 Å². The van der Waals surface area contributed by atoms with Crippen LogP contribution in [0, 0.1) is 0 Å². The molecule has 0 spiro atoms. The molecule has 0 aromatic heterocycles. The number of aliphatic hydroxyl groups is 1. The van der Waals surface area contributed by atoms with Crippen LogP contribution in [-0.2, 0) is 11.2 Å². The maximum atomic E-state index is 12.8. The number of hydrogen-bond donors (Lipinski definition) is 1. The number of nitrogens with zero attached hydrogens (tertiary/aromatic N) is 2. The first-order valence-corrected chi connectivity index (χ1v) is 9.83. The van der Waals surface area contributed by atoms with E-state index in [9.17, 15) is 9.90 Å². The number of hydrogen-bond acceptors (Lipinski definition) is 3. The summed E-state index contributed by atoms with van der Waals surface area (Å²) < 4.78 is 0. The van der Waals surface area contributed by atoms with E-state index in [4.69, 9.17) is 23.2 Å². The number of benzene rings is 1. The third kappa shape index (κ3) is 5.05. The summed E-state index contributed by atoms with van der Waals surface area (Å²) >= 11 is 12.0. The highest BCUT2D eigenvalue weighted by Gasteiger charge is 2.38. The first kappa shape index (κ1) is 21.8. The van der Waals surface area contributed by atoms with Crippen LogP contribution in [0.5, 0.6) is 0 Å². The van der Waals surface area contributed by atoms with Gasteiger partial charge in [-0.2, -0.15) is 0 Å². The van der Waals surface area contributed by atoms with Gasteiger partial charge in [-0.15, -0.1) is 12.4 Å². The second-order valence-corrected chi connectivity index (χ2v) is 8.09. The van der Waals surface area contributed by atoms with Crippen molar-refractivity contribution in [3.05, 3.63) is 33.8 Å². The fourth-order valence-corrected chi connectivity index (χ4v) is 4.48. The zero-order valence-electron chi connectivity index (χ0n) is 15.0. The lowest BCUT2D eigenvalue weighted by atomic mass is 9.86. The second kappa shape index (κ2) is 9.61. The van der Waals surface area contributed by atoms with Crippen LogP contribution < -0.4 is 0 Å². The third-order valence-electron chi connectivity index (χ3n) is 5.59. The van der Waals surface area contributed by atoms with E-state index >= 15 is 0 Å². The summed E-state index contributed by atoms with van der Waals surface area (Å²) in [5.74, 6) is 0.0571. The fraction of sp³-hybridized carbons (Fsp3) is 0.632. The average molecular weight is 422 g/mol. The zero-order chi connectivity index (χ0) is 18.0. The largest absolute Gasteiger partial charge is 0.393 e. The molecule has 1 aromatic carbocycles. The van der Waals surface area contributed by atoms with Crippen LogP contribution in [0.4, 0.5) is 0 Å². The maximum Gasteiger partial charge on any atom is 0.227 e. The Hall–Kier alpha value is -0.520. The molecule has 0 bridgehead atoms. The van der Waals surface area contributed by atoms with E-state index in [0.717, 1.165) is 31.5 Å². The van der Waals surface area contributed by atoms with Crippen LogP contribution in [0.1, 0.15) is 37.7 Å². The minimum absolute atomic E-state index is 0. The monoisotopic (exact) mass is 420 g/mol. The fourth-order valence-electron chi connectivity index (χ4n) is 4.16. The molecule has 146 valence electrons. The van der Waals surface area contributed by atoms with Crippen LogP contribution in [0.25, 0.3) is 0 Å². The minimum atomic E-state index is -0.316. The van der Waals surface area contributed by atoms with Crippen molar-refractivity contribution in [3.63, 3.8) is 0 Å². The van der Waals surface area contributed by atoms with Gasteiger partial charge in [-0.25, -0.2) is 0 Å². The van der Waals surface area contributed by atoms with Gasteiger partial charge in [0.25, 0.3) is 0 Å². The molecule has 3 rings (SSSR count). The summed E-state index contributed by atoms with van der Waals surface area (Å²) in [4.78, 5) is 17.2. The number of rotatable bonds is 4. The van der Waals surface area contributed by atoms with Crippen LogP contribution in [0.2, 0.25) is 10.0 Å². The molecule has 1 heterocycles. The molecular weight excluding hydrogens is 395 g/mol. The molecule has 3 atom stereocenters. The van der Waals surface area contributed by atoms with Gasteiger partial charge in [0.15, 0.2) is 0 Å². The molecule has 0 radical (unpaired) electrons. The number of likely N-dealkylation sites (N-methyl/N-ethyl adjacent to an activating group) is 1. The van der Waals surface area contributed by atoms with Gasteiger partial charge in [0.1, 0.15) is 0 Å². The molecule has 26 heavy (non-hydrogen) atoms. The third-order valence-corrected chi connectivity index (χ3v) is 6.33. The Morgan fingerprint density at radius 3 is 2.58 bits per heavy atom. The quantitative estimate of drug-likeness (QED) is 0.804. The lowest BCUT2D eigenvalue weighted by Gasteiger charge is -2.44. The van der Waals surface area contributed by atoms with Gasteiger partial charge in [-0.3, -0.25) is 9.69 Å². The SMILES string of the molecule is CN(C(=O)Cc1ccc(Cl)c(Cl)c1)C1CC(O)CCC1N1CCCC1.Cl. The Balaban J connectivity index is 0.00000243. The van der Waals surface area contributed by atoms with E-state index in [2.05, 4.69) is 4.90 Å². The summed E-state index contributed by atoms with van der Waals surface area (Å²) in [6, 6.07) is 5.74. The molecule has 1 amide bonds. The summed E-state index contributed by atoms with van der Waals surface area (Å²) in [7, 11) is 1.87. The lowest BCUT2D eigenvalue weighted by molar-refractivity contribution is -0.134. The molecule has 1 aliphatic heterocycles.